The molecule has 128 valence electrons. The van der Waals surface area contributed by atoms with Gasteiger partial charge in [-0.1, -0.05) is 0 Å². The number of rotatable bonds is 11. The highest BCUT2D eigenvalue weighted by Crippen LogP contribution is 2.40. The molecule has 0 amide bonds. The summed E-state index contributed by atoms with van der Waals surface area (Å²) >= 11 is -3.81. The number of alkyl halides is 6. The summed E-state index contributed by atoms with van der Waals surface area (Å²) in [5.41, 5.74) is 0. The van der Waals surface area contributed by atoms with E-state index in [0.717, 1.165) is 0 Å². The molecule has 0 radical (unpaired) electrons. The van der Waals surface area contributed by atoms with Crippen molar-refractivity contribution in [2.45, 2.75) is 18.5 Å². The lowest BCUT2D eigenvalue weighted by Gasteiger charge is -2.29. The van der Waals surface area contributed by atoms with Crippen molar-refractivity contribution in [3.05, 3.63) is 0 Å². The van der Waals surface area contributed by atoms with E-state index >= 15 is 0 Å². The van der Waals surface area contributed by atoms with Gasteiger partial charge in [-0.15, -0.1) is 0 Å². The monoisotopic (exact) mass is 346 g/mol. The molecule has 0 rings (SSSR count). The molecule has 1 unspecified atom stereocenters. The van der Waals surface area contributed by atoms with Crippen molar-refractivity contribution in [2.24, 2.45) is 0 Å². The Morgan fingerprint density at radius 2 is 1.33 bits per heavy atom. The lowest BCUT2D eigenvalue weighted by Crippen LogP contribution is -2.54. The molecule has 0 aromatic heterocycles. The molecule has 0 aromatic rings. The van der Waals surface area contributed by atoms with Crippen LogP contribution in [0.1, 0.15) is 1.43 Å². The van der Waals surface area contributed by atoms with Gasteiger partial charge in [-0.25, -0.2) is 8.78 Å². The standard InChI is InChI=1S/C3HF6O.2C3H7O2.Al.H2/c4-1(5)2(6,10)3(7,8)9;2*1-5-3-2-4;;/h1H;2*2-3H2,1H3;;1H/q3*-1;+3;. The van der Waals surface area contributed by atoms with E-state index in [-0.39, 0.29) is 27.9 Å². The van der Waals surface area contributed by atoms with Crippen LogP contribution in [0, 0.1) is 0 Å². The number of halogens is 6. The highest BCUT2D eigenvalue weighted by atomic mass is 27.3. The van der Waals surface area contributed by atoms with Crippen molar-refractivity contribution in [1.29, 1.82) is 0 Å². The molecule has 0 aliphatic rings. The van der Waals surface area contributed by atoms with Gasteiger partial charge in [-0.2, -0.15) is 17.6 Å². The van der Waals surface area contributed by atoms with Crippen LogP contribution < -0.4 is 0 Å². The number of hydrogen-bond acceptors (Lipinski definition) is 5. The largest absolute Gasteiger partial charge is 0.908 e. The summed E-state index contributed by atoms with van der Waals surface area (Å²) in [6, 6.07) is 0. The Bertz CT molecular complexity index is 278. The van der Waals surface area contributed by atoms with Gasteiger partial charge in [0, 0.05) is 28.9 Å². The van der Waals surface area contributed by atoms with E-state index < -0.39 is 33.6 Å². The molecule has 0 aliphatic heterocycles. The summed E-state index contributed by atoms with van der Waals surface area (Å²) in [7, 11) is 2.56. The van der Waals surface area contributed by atoms with E-state index in [2.05, 4.69) is 13.3 Å². The van der Waals surface area contributed by atoms with Crippen LogP contribution in [-0.4, -0.2) is 74.3 Å². The van der Waals surface area contributed by atoms with Crippen molar-refractivity contribution in [1.82, 2.24) is 0 Å². The second kappa shape index (κ2) is 9.83. The van der Waals surface area contributed by atoms with Crippen LogP contribution in [0.25, 0.3) is 0 Å². The van der Waals surface area contributed by atoms with Crippen LogP contribution >= 0.6 is 0 Å². The summed E-state index contributed by atoms with van der Waals surface area (Å²) in [6.45, 7) is -0.698. The number of ether oxygens (including phenoxy) is 2. The molecule has 0 N–H and O–H groups in total. The summed E-state index contributed by atoms with van der Waals surface area (Å²) in [6.07, 6.45) is -10.4. The van der Waals surface area contributed by atoms with Crippen molar-refractivity contribution < 1.29 is 48.6 Å². The van der Waals surface area contributed by atoms with E-state index in [0.29, 0.717) is 0 Å². The molecule has 0 bridgehead atoms. The Morgan fingerprint density at radius 3 is 1.62 bits per heavy atom. The molecule has 21 heavy (non-hydrogen) atoms. The minimum Gasteiger partial charge on any atom is -0.452 e. The van der Waals surface area contributed by atoms with Gasteiger partial charge in [-0.05, 0) is 0 Å². The molecular formula is C9H17AlF6O5. The predicted molar refractivity (Wildman–Crippen MR) is 60.5 cm³/mol. The predicted octanol–water partition coefficient (Wildman–Crippen LogP) is 2.05. The van der Waals surface area contributed by atoms with Gasteiger partial charge in [0.25, 0.3) is 0 Å². The minimum absolute atomic E-state index is 0. The third-order valence-corrected chi connectivity index (χ3v) is 3.57. The fourth-order valence-corrected chi connectivity index (χ4v) is 2.28. The maximum atomic E-state index is 13.4. The van der Waals surface area contributed by atoms with Gasteiger partial charge in [0.15, 0.2) is 0 Å². The molecule has 5 nitrogen and oxygen atoms in total. The molecule has 0 fully saturated rings. The van der Waals surface area contributed by atoms with Gasteiger partial charge in [0.05, 0.1) is 13.2 Å². The van der Waals surface area contributed by atoms with E-state index in [4.69, 9.17) is 7.58 Å². The molecule has 0 saturated carbocycles. The van der Waals surface area contributed by atoms with Gasteiger partial charge in [0.2, 0.25) is 0 Å². The molecule has 0 aromatic carbocycles. The van der Waals surface area contributed by atoms with Crippen molar-refractivity contribution in [2.75, 3.05) is 40.6 Å². The zero-order valence-electron chi connectivity index (χ0n) is 11.3. The first-order valence-corrected chi connectivity index (χ1v) is 7.03. The lowest BCUT2D eigenvalue weighted by atomic mass is 10.3. The summed E-state index contributed by atoms with van der Waals surface area (Å²) in [5, 5.41) is 0. The van der Waals surface area contributed by atoms with Crippen LogP contribution in [0.4, 0.5) is 26.3 Å². The number of hydrogen-bond donors (Lipinski definition) is 0. The molecule has 0 aliphatic carbocycles. The average molecular weight is 346 g/mol. The van der Waals surface area contributed by atoms with Crippen molar-refractivity contribution in [3.8, 4) is 0 Å². The Morgan fingerprint density at radius 1 is 0.905 bits per heavy atom. The summed E-state index contributed by atoms with van der Waals surface area (Å²) < 4.78 is 97.6. The smallest absolute Gasteiger partial charge is 0.452 e. The van der Waals surface area contributed by atoms with Crippen LogP contribution in [0.2, 0.25) is 0 Å². The first-order valence-electron chi connectivity index (χ1n) is 5.61. The normalized spacial score (nSPS) is 15.3. The van der Waals surface area contributed by atoms with Crippen LogP contribution in [-0.2, 0) is 20.8 Å². The third kappa shape index (κ3) is 7.14. The van der Waals surface area contributed by atoms with Gasteiger partial charge < -0.3 is 20.8 Å². The molecule has 0 spiro atoms. The first-order chi connectivity index (χ1) is 9.69. The molecule has 12 heteroatoms. The van der Waals surface area contributed by atoms with Crippen LogP contribution in [0.3, 0.4) is 0 Å². The summed E-state index contributed by atoms with van der Waals surface area (Å²) in [4.78, 5) is 0. The zero-order chi connectivity index (χ0) is 16.5. The molecular weight excluding hydrogens is 329 g/mol. The first kappa shape index (κ1) is 20.9. The van der Waals surface area contributed by atoms with E-state index in [1.165, 1.54) is 14.2 Å². The SMILES string of the molecule is COCC[O][Al]([O]CCOC)[O]C(F)(C(F)F)C(F)(F)F.[HH]. The zero-order valence-corrected chi connectivity index (χ0v) is 12.4. The number of methoxy groups -OCH3 is 2. The molecule has 0 saturated heterocycles. The highest BCUT2D eigenvalue weighted by molar-refractivity contribution is 6.36. The van der Waals surface area contributed by atoms with E-state index in [1.807, 2.05) is 0 Å². The average Bonchev–Trinajstić information content (AvgIpc) is 2.37. The molecule has 0 heterocycles. The molecule has 1 atom stereocenters. The Hall–Kier alpha value is -0.0875. The van der Waals surface area contributed by atoms with Crippen molar-refractivity contribution >= 4 is 15.1 Å². The van der Waals surface area contributed by atoms with Crippen molar-refractivity contribution in [3.63, 3.8) is 0 Å². The lowest BCUT2D eigenvalue weighted by molar-refractivity contribution is -0.349. The maximum absolute atomic E-state index is 13.4. The third-order valence-electron chi connectivity index (χ3n) is 2.02. The Kier molecular flexibility index (Phi) is 9.79. The summed E-state index contributed by atoms with van der Waals surface area (Å²) in [5.74, 6) is -5.15. The fourth-order valence-electron chi connectivity index (χ4n) is 0.954. The maximum Gasteiger partial charge on any atom is 0.908 e. The van der Waals surface area contributed by atoms with Gasteiger partial charge in [-0.3, -0.25) is 0 Å². The second-order valence-corrected chi connectivity index (χ2v) is 5.06. The van der Waals surface area contributed by atoms with Gasteiger partial charge >= 0.3 is 33.6 Å². The Labute approximate surface area is 123 Å². The van der Waals surface area contributed by atoms with E-state index in [1.54, 1.807) is 0 Å². The van der Waals surface area contributed by atoms with Gasteiger partial charge in [0.1, 0.15) is 0 Å². The topological polar surface area (TPSA) is 46.2 Å². The quantitative estimate of drug-likeness (QED) is 0.326. The second-order valence-electron chi connectivity index (χ2n) is 3.58. The van der Waals surface area contributed by atoms with E-state index in [9.17, 15) is 26.3 Å². The highest BCUT2D eigenvalue weighted by Gasteiger charge is 2.66. The Balaban J connectivity index is 0. The van der Waals surface area contributed by atoms with Crippen LogP contribution in [0.15, 0.2) is 0 Å². The fraction of sp³-hybridized carbons (Fsp3) is 1.00. The van der Waals surface area contributed by atoms with Crippen LogP contribution in [0.5, 0.6) is 0 Å². The minimum atomic E-state index is -5.93.